The molecular formula is C22H18Cl2N2O4. The van der Waals surface area contributed by atoms with Crippen molar-refractivity contribution in [1.29, 1.82) is 0 Å². The summed E-state index contributed by atoms with van der Waals surface area (Å²) in [5.41, 5.74) is 2.18. The number of halogens is 2. The van der Waals surface area contributed by atoms with Crippen molar-refractivity contribution in [3.8, 4) is 0 Å². The third-order valence-electron chi connectivity index (χ3n) is 4.99. The monoisotopic (exact) mass is 444 g/mol. The molecule has 1 N–H and O–H groups in total. The van der Waals surface area contributed by atoms with Crippen molar-refractivity contribution in [3.63, 3.8) is 0 Å². The second kappa shape index (κ2) is 8.54. The van der Waals surface area contributed by atoms with Crippen molar-refractivity contribution < 1.29 is 18.7 Å². The van der Waals surface area contributed by atoms with Gasteiger partial charge in [-0.05, 0) is 25.1 Å². The standard InChI is InChI=1S/C22H18Cl2N2O4/c1-13-19(18(12-27)26-8-10-29-11-9-26)14-4-2-7-17(21(14)30-13)25-22(28)20-15(23)5-3-6-16(20)24/h2-7H,8-11H2,1H3,(H,25,28). The molecule has 0 saturated carbocycles. The Morgan fingerprint density at radius 3 is 2.40 bits per heavy atom. The van der Waals surface area contributed by atoms with Gasteiger partial charge in [-0.15, -0.1) is 0 Å². The van der Waals surface area contributed by atoms with Gasteiger partial charge in [0.1, 0.15) is 11.5 Å². The molecule has 1 fully saturated rings. The van der Waals surface area contributed by atoms with Crippen LogP contribution in [0.5, 0.6) is 0 Å². The van der Waals surface area contributed by atoms with Crippen LogP contribution in [-0.4, -0.2) is 43.1 Å². The van der Waals surface area contributed by atoms with Gasteiger partial charge in [-0.2, -0.15) is 0 Å². The first kappa shape index (κ1) is 20.5. The quantitative estimate of drug-likeness (QED) is 0.584. The van der Waals surface area contributed by atoms with Gasteiger partial charge in [0.05, 0.1) is 40.1 Å². The first-order chi connectivity index (χ1) is 14.5. The Morgan fingerprint density at radius 2 is 1.73 bits per heavy atom. The molecule has 154 valence electrons. The maximum Gasteiger partial charge on any atom is 0.258 e. The summed E-state index contributed by atoms with van der Waals surface area (Å²) < 4.78 is 11.3. The maximum absolute atomic E-state index is 12.8. The zero-order valence-electron chi connectivity index (χ0n) is 16.1. The molecule has 1 amide bonds. The lowest BCUT2D eigenvalue weighted by atomic mass is 10.1. The Morgan fingerprint density at radius 1 is 1.07 bits per heavy atom. The first-order valence-corrected chi connectivity index (χ1v) is 10.1. The highest BCUT2D eigenvalue weighted by Gasteiger charge is 2.25. The van der Waals surface area contributed by atoms with E-state index in [4.69, 9.17) is 32.4 Å². The smallest absolute Gasteiger partial charge is 0.258 e. The Bertz CT molecular complexity index is 1160. The van der Waals surface area contributed by atoms with Crippen molar-refractivity contribution >= 4 is 57.4 Å². The Hall–Kier alpha value is -2.76. The van der Waals surface area contributed by atoms with Crippen LogP contribution >= 0.6 is 23.2 Å². The molecule has 1 aliphatic rings. The fraction of sp³-hybridized carbons (Fsp3) is 0.227. The number of hydrogen-bond donors (Lipinski definition) is 1. The number of morpholine rings is 1. The average molecular weight is 445 g/mol. The fourth-order valence-corrected chi connectivity index (χ4v) is 4.16. The molecular weight excluding hydrogens is 427 g/mol. The van der Waals surface area contributed by atoms with Crippen LogP contribution in [0.2, 0.25) is 10.0 Å². The molecule has 3 aromatic rings. The number of carbonyl (C=O) groups excluding carboxylic acids is 2. The van der Waals surface area contributed by atoms with E-state index in [9.17, 15) is 9.59 Å². The fourth-order valence-electron chi connectivity index (χ4n) is 3.59. The van der Waals surface area contributed by atoms with E-state index >= 15 is 0 Å². The summed E-state index contributed by atoms with van der Waals surface area (Å²) in [5, 5.41) is 4.03. The Balaban J connectivity index is 1.74. The van der Waals surface area contributed by atoms with E-state index in [1.165, 1.54) is 0 Å². The van der Waals surface area contributed by atoms with E-state index in [1.54, 1.807) is 37.3 Å². The first-order valence-electron chi connectivity index (χ1n) is 9.37. The van der Waals surface area contributed by atoms with Crippen LogP contribution in [-0.2, 0) is 9.53 Å². The largest absolute Gasteiger partial charge is 0.458 e. The van der Waals surface area contributed by atoms with Crippen LogP contribution in [0.25, 0.3) is 16.7 Å². The summed E-state index contributed by atoms with van der Waals surface area (Å²) in [4.78, 5) is 26.6. The summed E-state index contributed by atoms with van der Waals surface area (Å²) in [5.74, 6) is 2.17. The number of anilines is 1. The SMILES string of the molecule is Cc1oc2c(NC(=O)c3c(Cl)cccc3Cl)cccc2c1C(=C=O)N1CCOCC1. The average Bonchev–Trinajstić information content (AvgIpc) is 3.06. The van der Waals surface area contributed by atoms with Crippen molar-refractivity contribution in [2.45, 2.75) is 6.92 Å². The van der Waals surface area contributed by atoms with Crippen LogP contribution in [0.3, 0.4) is 0 Å². The van der Waals surface area contributed by atoms with Crippen molar-refractivity contribution in [2.75, 3.05) is 31.6 Å². The van der Waals surface area contributed by atoms with E-state index < -0.39 is 5.91 Å². The van der Waals surface area contributed by atoms with Crippen molar-refractivity contribution in [3.05, 3.63) is 63.3 Å². The van der Waals surface area contributed by atoms with Crippen molar-refractivity contribution in [1.82, 2.24) is 4.90 Å². The number of nitrogens with one attached hydrogen (secondary N) is 1. The molecule has 6 nitrogen and oxygen atoms in total. The molecule has 4 rings (SSSR count). The Kier molecular flexibility index (Phi) is 5.84. The summed E-state index contributed by atoms with van der Waals surface area (Å²) in [7, 11) is 0. The van der Waals surface area contributed by atoms with E-state index in [2.05, 4.69) is 11.3 Å². The number of ether oxygens (including phenoxy) is 1. The van der Waals surface area contributed by atoms with Gasteiger partial charge in [-0.25, -0.2) is 4.79 Å². The third-order valence-corrected chi connectivity index (χ3v) is 5.62. The molecule has 0 unspecified atom stereocenters. The van der Waals surface area contributed by atoms with Gasteiger partial charge >= 0.3 is 0 Å². The minimum absolute atomic E-state index is 0.183. The minimum Gasteiger partial charge on any atom is -0.458 e. The number of aryl methyl sites for hydroxylation is 1. The number of para-hydroxylation sites is 1. The topological polar surface area (TPSA) is 71.8 Å². The van der Waals surface area contributed by atoms with Gasteiger partial charge in [0.15, 0.2) is 11.5 Å². The minimum atomic E-state index is -0.451. The second-order valence-electron chi connectivity index (χ2n) is 6.82. The zero-order chi connectivity index (χ0) is 21.3. The summed E-state index contributed by atoms with van der Waals surface area (Å²) >= 11 is 12.3. The summed E-state index contributed by atoms with van der Waals surface area (Å²) in [6, 6.07) is 10.2. The van der Waals surface area contributed by atoms with Crippen LogP contribution in [0, 0.1) is 6.92 Å². The van der Waals surface area contributed by atoms with Gasteiger partial charge < -0.3 is 19.4 Å². The summed E-state index contributed by atoms with van der Waals surface area (Å²) in [6.07, 6.45) is 0. The van der Waals surface area contributed by atoms with Crippen LogP contribution in [0.15, 0.2) is 40.8 Å². The highest BCUT2D eigenvalue weighted by Crippen LogP contribution is 2.36. The van der Waals surface area contributed by atoms with Gasteiger partial charge in [-0.1, -0.05) is 41.4 Å². The molecule has 2 aromatic carbocycles. The van der Waals surface area contributed by atoms with E-state index in [0.717, 1.165) is 0 Å². The number of hydrogen-bond acceptors (Lipinski definition) is 5. The molecule has 0 bridgehead atoms. The van der Waals surface area contributed by atoms with E-state index in [0.29, 0.717) is 60.0 Å². The molecule has 2 heterocycles. The van der Waals surface area contributed by atoms with E-state index in [-0.39, 0.29) is 15.6 Å². The molecule has 0 atom stereocenters. The number of furan rings is 1. The predicted molar refractivity (Wildman–Crippen MR) is 117 cm³/mol. The van der Waals surface area contributed by atoms with E-state index in [1.807, 2.05) is 11.0 Å². The van der Waals surface area contributed by atoms with Crippen LogP contribution in [0.4, 0.5) is 5.69 Å². The van der Waals surface area contributed by atoms with Gasteiger partial charge in [0, 0.05) is 18.5 Å². The number of benzene rings is 2. The molecule has 1 aromatic heterocycles. The number of amides is 1. The molecule has 0 aliphatic carbocycles. The Labute approximate surface area is 183 Å². The highest BCUT2D eigenvalue weighted by atomic mass is 35.5. The third kappa shape index (κ3) is 3.71. The highest BCUT2D eigenvalue weighted by molar-refractivity contribution is 6.40. The molecule has 1 aliphatic heterocycles. The number of carbonyl (C=O) groups is 1. The molecule has 0 radical (unpaired) electrons. The van der Waals surface area contributed by atoms with Gasteiger partial charge in [0.2, 0.25) is 0 Å². The lowest BCUT2D eigenvalue weighted by molar-refractivity contribution is 0.0643. The normalized spacial score (nSPS) is 13.9. The second-order valence-corrected chi connectivity index (χ2v) is 7.63. The maximum atomic E-state index is 12.8. The number of nitrogens with zero attached hydrogens (tertiary/aromatic N) is 1. The van der Waals surface area contributed by atoms with Crippen LogP contribution in [0.1, 0.15) is 21.7 Å². The predicted octanol–water partition coefficient (Wildman–Crippen LogP) is 4.81. The number of fused-ring (bicyclic) bond motifs is 1. The van der Waals surface area contributed by atoms with Crippen LogP contribution < -0.4 is 5.32 Å². The molecule has 1 saturated heterocycles. The molecule has 30 heavy (non-hydrogen) atoms. The summed E-state index contributed by atoms with van der Waals surface area (Å²) in [6.45, 7) is 4.06. The lowest BCUT2D eigenvalue weighted by Crippen LogP contribution is -2.35. The molecule has 0 spiro atoms. The van der Waals surface area contributed by atoms with Gasteiger partial charge in [-0.3, -0.25) is 4.79 Å². The lowest BCUT2D eigenvalue weighted by Gasteiger charge is -2.28. The molecule has 8 heteroatoms. The zero-order valence-corrected chi connectivity index (χ0v) is 17.6. The van der Waals surface area contributed by atoms with Crippen molar-refractivity contribution in [2.24, 2.45) is 0 Å². The van der Waals surface area contributed by atoms with Gasteiger partial charge in [0.25, 0.3) is 5.91 Å². The number of rotatable bonds is 4.